The molecule has 1 saturated heterocycles. The number of halogens is 1. The van der Waals surface area contributed by atoms with Crippen LogP contribution in [-0.2, 0) is 4.74 Å². The van der Waals surface area contributed by atoms with Gasteiger partial charge >= 0.3 is 0 Å². The number of nitriles is 1. The molecule has 0 aliphatic carbocycles. The number of carbonyl (C=O) groups excluding carboxylic acids is 1. The fourth-order valence-corrected chi connectivity index (χ4v) is 2.37. The maximum atomic E-state index is 13.7. The Labute approximate surface area is 117 Å². The molecule has 0 saturated carbocycles. The summed E-state index contributed by atoms with van der Waals surface area (Å²) in [5, 5.41) is 8.83. The maximum Gasteiger partial charge on any atom is 0.256 e. The van der Waals surface area contributed by atoms with E-state index in [2.05, 4.69) is 0 Å². The molecule has 0 spiro atoms. The average molecular weight is 276 g/mol. The third kappa shape index (κ3) is 3.14. The standard InChI is InChI=1S/C15H17FN2O2/c1-2-20-10-12-5-6-18(9-12)15(19)13-7-11(8-17)3-4-14(13)16/h3-4,7,12H,2,5-6,9-10H2,1H3/t12-/m0/s1. The lowest BCUT2D eigenvalue weighted by atomic mass is 10.1. The molecule has 5 heteroatoms. The predicted octanol–water partition coefficient (Wildman–Crippen LogP) is 2.20. The summed E-state index contributed by atoms with van der Waals surface area (Å²) in [5.41, 5.74) is 0.265. The van der Waals surface area contributed by atoms with Crippen molar-refractivity contribution in [1.82, 2.24) is 4.90 Å². The van der Waals surface area contributed by atoms with Crippen LogP contribution in [0.2, 0.25) is 0 Å². The molecule has 1 aromatic rings. The van der Waals surface area contributed by atoms with Crippen molar-refractivity contribution in [2.24, 2.45) is 5.92 Å². The molecule has 1 fully saturated rings. The monoisotopic (exact) mass is 276 g/mol. The number of amides is 1. The second kappa shape index (κ2) is 6.49. The van der Waals surface area contributed by atoms with Gasteiger partial charge in [0.15, 0.2) is 0 Å². The van der Waals surface area contributed by atoms with Gasteiger partial charge in [0.25, 0.3) is 5.91 Å². The Balaban J connectivity index is 2.07. The SMILES string of the molecule is CCOC[C@H]1CCN(C(=O)c2cc(C#N)ccc2F)C1. The van der Waals surface area contributed by atoms with Gasteiger partial charge in [-0.1, -0.05) is 0 Å². The fourth-order valence-electron chi connectivity index (χ4n) is 2.37. The second-order valence-electron chi connectivity index (χ2n) is 4.87. The topological polar surface area (TPSA) is 53.3 Å². The van der Waals surface area contributed by atoms with E-state index in [9.17, 15) is 9.18 Å². The maximum absolute atomic E-state index is 13.7. The Hall–Kier alpha value is -1.93. The van der Waals surface area contributed by atoms with Crippen LogP contribution < -0.4 is 0 Å². The normalized spacial score (nSPS) is 18.1. The highest BCUT2D eigenvalue weighted by atomic mass is 19.1. The molecule has 1 heterocycles. The van der Waals surface area contributed by atoms with Crippen LogP contribution in [0, 0.1) is 23.1 Å². The van der Waals surface area contributed by atoms with Gasteiger partial charge in [0.1, 0.15) is 5.82 Å². The van der Waals surface area contributed by atoms with E-state index < -0.39 is 5.82 Å². The molecule has 1 amide bonds. The molecule has 106 valence electrons. The zero-order chi connectivity index (χ0) is 14.5. The largest absolute Gasteiger partial charge is 0.381 e. The number of rotatable bonds is 4. The van der Waals surface area contributed by atoms with E-state index in [0.717, 1.165) is 6.42 Å². The first-order chi connectivity index (χ1) is 9.65. The van der Waals surface area contributed by atoms with Gasteiger partial charge in [-0.15, -0.1) is 0 Å². The van der Waals surface area contributed by atoms with Crippen molar-refractivity contribution in [2.45, 2.75) is 13.3 Å². The van der Waals surface area contributed by atoms with Crippen molar-refractivity contribution in [1.29, 1.82) is 5.26 Å². The van der Waals surface area contributed by atoms with Crippen LogP contribution in [0.1, 0.15) is 29.3 Å². The minimum Gasteiger partial charge on any atom is -0.381 e. The highest BCUT2D eigenvalue weighted by Gasteiger charge is 2.28. The fraction of sp³-hybridized carbons (Fsp3) is 0.467. The van der Waals surface area contributed by atoms with Crippen LogP contribution in [0.25, 0.3) is 0 Å². The number of ether oxygens (including phenoxy) is 1. The van der Waals surface area contributed by atoms with E-state index in [0.29, 0.717) is 37.8 Å². The Morgan fingerprint density at radius 3 is 3.10 bits per heavy atom. The lowest BCUT2D eigenvalue weighted by molar-refractivity contribution is 0.0758. The summed E-state index contributed by atoms with van der Waals surface area (Å²) in [6.07, 6.45) is 0.866. The number of hydrogen-bond acceptors (Lipinski definition) is 3. The van der Waals surface area contributed by atoms with Gasteiger partial charge in [0.05, 0.1) is 23.8 Å². The molecule has 0 bridgehead atoms. The highest BCUT2D eigenvalue weighted by molar-refractivity contribution is 5.95. The number of nitrogens with zero attached hydrogens (tertiary/aromatic N) is 2. The van der Waals surface area contributed by atoms with Crippen molar-refractivity contribution < 1.29 is 13.9 Å². The summed E-state index contributed by atoms with van der Waals surface area (Å²) in [6.45, 7) is 4.40. The lowest BCUT2D eigenvalue weighted by Crippen LogP contribution is -2.30. The van der Waals surface area contributed by atoms with Gasteiger partial charge in [-0.2, -0.15) is 5.26 Å². The van der Waals surface area contributed by atoms with Crippen molar-refractivity contribution >= 4 is 5.91 Å². The highest BCUT2D eigenvalue weighted by Crippen LogP contribution is 2.21. The molecule has 0 aromatic heterocycles. The first kappa shape index (κ1) is 14.5. The van der Waals surface area contributed by atoms with Crippen LogP contribution in [0.3, 0.4) is 0 Å². The van der Waals surface area contributed by atoms with Gasteiger partial charge in [0.2, 0.25) is 0 Å². The molecule has 20 heavy (non-hydrogen) atoms. The van der Waals surface area contributed by atoms with Crippen molar-refractivity contribution in [3.8, 4) is 6.07 Å². The zero-order valence-corrected chi connectivity index (χ0v) is 11.4. The minimum absolute atomic E-state index is 0.0268. The molecular formula is C15H17FN2O2. The van der Waals surface area contributed by atoms with Gasteiger partial charge in [-0.3, -0.25) is 4.79 Å². The summed E-state index contributed by atoms with van der Waals surface area (Å²) >= 11 is 0. The number of hydrogen-bond donors (Lipinski definition) is 0. The van der Waals surface area contributed by atoms with E-state index in [4.69, 9.17) is 10.00 Å². The molecule has 0 N–H and O–H groups in total. The Bertz CT molecular complexity index is 539. The van der Waals surface area contributed by atoms with E-state index in [-0.39, 0.29) is 11.5 Å². The third-order valence-electron chi connectivity index (χ3n) is 3.46. The molecule has 1 aromatic carbocycles. The van der Waals surface area contributed by atoms with E-state index in [1.807, 2.05) is 13.0 Å². The second-order valence-corrected chi connectivity index (χ2v) is 4.87. The molecule has 1 aliphatic rings. The summed E-state index contributed by atoms with van der Waals surface area (Å²) in [7, 11) is 0. The molecule has 1 atom stereocenters. The lowest BCUT2D eigenvalue weighted by Gasteiger charge is -2.17. The smallest absolute Gasteiger partial charge is 0.256 e. The van der Waals surface area contributed by atoms with Gasteiger partial charge in [0, 0.05) is 25.6 Å². The van der Waals surface area contributed by atoms with E-state index >= 15 is 0 Å². The predicted molar refractivity (Wildman–Crippen MR) is 71.6 cm³/mol. The van der Waals surface area contributed by atoms with E-state index in [1.54, 1.807) is 4.90 Å². The zero-order valence-electron chi connectivity index (χ0n) is 11.4. The number of likely N-dealkylation sites (tertiary alicyclic amines) is 1. The van der Waals surface area contributed by atoms with Crippen LogP contribution in [0.5, 0.6) is 0 Å². The minimum atomic E-state index is -0.581. The summed E-state index contributed by atoms with van der Waals surface area (Å²) in [4.78, 5) is 13.9. The number of benzene rings is 1. The molecule has 0 radical (unpaired) electrons. The number of carbonyl (C=O) groups is 1. The Kier molecular flexibility index (Phi) is 4.70. The van der Waals surface area contributed by atoms with Gasteiger partial charge in [-0.05, 0) is 31.5 Å². The summed E-state index contributed by atoms with van der Waals surface area (Å²) in [6, 6.07) is 5.77. The van der Waals surface area contributed by atoms with Gasteiger partial charge in [-0.25, -0.2) is 4.39 Å². The Morgan fingerprint density at radius 2 is 2.40 bits per heavy atom. The molecular weight excluding hydrogens is 259 g/mol. The molecule has 4 nitrogen and oxygen atoms in total. The molecule has 1 aliphatic heterocycles. The molecule has 0 unspecified atom stereocenters. The first-order valence-corrected chi connectivity index (χ1v) is 6.72. The first-order valence-electron chi connectivity index (χ1n) is 6.72. The summed E-state index contributed by atoms with van der Waals surface area (Å²) < 4.78 is 19.1. The van der Waals surface area contributed by atoms with Crippen LogP contribution in [-0.4, -0.2) is 37.1 Å². The van der Waals surface area contributed by atoms with Crippen molar-refractivity contribution in [3.63, 3.8) is 0 Å². The van der Waals surface area contributed by atoms with E-state index in [1.165, 1.54) is 18.2 Å². The average Bonchev–Trinajstić information content (AvgIpc) is 2.93. The third-order valence-corrected chi connectivity index (χ3v) is 3.46. The van der Waals surface area contributed by atoms with Gasteiger partial charge < -0.3 is 9.64 Å². The van der Waals surface area contributed by atoms with Crippen molar-refractivity contribution in [3.05, 3.63) is 35.1 Å². The Morgan fingerprint density at radius 1 is 1.60 bits per heavy atom. The van der Waals surface area contributed by atoms with Crippen LogP contribution in [0.4, 0.5) is 4.39 Å². The molecule has 2 rings (SSSR count). The summed E-state index contributed by atoms with van der Waals surface area (Å²) in [5.74, 6) is -0.623. The van der Waals surface area contributed by atoms with Crippen LogP contribution in [0.15, 0.2) is 18.2 Å². The quantitative estimate of drug-likeness (QED) is 0.847. The van der Waals surface area contributed by atoms with Crippen molar-refractivity contribution in [2.75, 3.05) is 26.3 Å². The van der Waals surface area contributed by atoms with Crippen LogP contribution >= 0.6 is 0 Å².